The second-order valence-electron chi connectivity index (χ2n) is 2.64. The maximum Gasteiger partial charge on any atom is 0.0905 e. The van der Waals surface area contributed by atoms with Gasteiger partial charge in [-0.05, 0) is 12.0 Å². The summed E-state index contributed by atoms with van der Waals surface area (Å²) in [6.45, 7) is 18.3. The van der Waals surface area contributed by atoms with Crippen molar-refractivity contribution in [2.45, 2.75) is 13.3 Å². The summed E-state index contributed by atoms with van der Waals surface area (Å²) in [5, 5.41) is 7.51. The monoisotopic (exact) mass is 241 g/mol. The number of hydrogen-bond donors (Lipinski definition) is 0. The Hall–Kier alpha value is -2.33. The van der Waals surface area contributed by atoms with Crippen LogP contribution in [0, 0.1) is 11.3 Å². The summed E-state index contributed by atoms with van der Waals surface area (Å²) in [6, 6.07) is 11.7. The molecule has 1 rings (SSSR count). The maximum absolute atomic E-state index is 7.51. The lowest BCUT2D eigenvalue weighted by Crippen LogP contribution is -1.63. The van der Waals surface area contributed by atoms with Crippen LogP contribution in [0.1, 0.15) is 18.9 Å². The molecule has 0 aliphatic heterocycles. The van der Waals surface area contributed by atoms with Crippen molar-refractivity contribution in [3.8, 4) is 6.07 Å². The van der Waals surface area contributed by atoms with Crippen LogP contribution in [-0.2, 0) is 0 Å². The Balaban J connectivity index is -0.000000194. The van der Waals surface area contributed by atoms with Crippen molar-refractivity contribution in [3.05, 3.63) is 80.9 Å². The van der Waals surface area contributed by atoms with Crippen molar-refractivity contribution in [1.29, 1.82) is 5.26 Å². The van der Waals surface area contributed by atoms with Crippen molar-refractivity contribution in [2.75, 3.05) is 0 Å². The normalized spacial score (nSPS) is 6.22. The molecule has 96 valence electrons. The lowest BCUT2D eigenvalue weighted by atomic mass is 10.2. The smallest absolute Gasteiger partial charge is 0.0905 e. The number of hydrogen-bond acceptors (Lipinski definition) is 1. The van der Waals surface area contributed by atoms with Crippen LogP contribution in [0.5, 0.6) is 0 Å². The third-order valence-corrected chi connectivity index (χ3v) is 1.42. The molecular weight excluding hydrogens is 218 g/mol. The lowest BCUT2D eigenvalue weighted by molar-refractivity contribution is 1.23. The van der Waals surface area contributed by atoms with Gasteiger partial charge in [0.05, 0.1) is 6.07 Å². The Labute approximate surface area is 112 Å². The molecule has 1 aromatic carbocycles. The Kier molecular flexibility index (Phi) is 28.1. The first-order valence-electron chi connectivity index (χ1n) is 5.55. The second-order valence-corrected chi connectivity index (χ2v) is 2.64. The highest BCUT2D eigenvalue weighted by Gasteiger charge is 1.75. The van der Waals surface area contributed by atoms with Gasteiger partial charge < -0.3 is 0 Å². The third-order valence-electron chi connectivity index (χ3n) is 1.42. The highest BCUT2D eigenvalue weighted by molar-refractivity contribution is 5.45. The number of nitrogens with zero attached hydrogens (tertiary/aromatic N) is 1. The SMILES string of the molecule is C=C.C=CC#N.C=CCC.C=Cc1ccccc1. The van der Waals surface area contributed by atoms with Gasteiger partial charge in [0.1, 0.15) is 0 Å². The van der Waals surface area contributed by atoms with Crippen LogP contribution in [-0.4, -0.2) is 0 Å². The molecule has 0 atom stereocenters. The van der Waals surface area contributed by atoms with Gasteiger partial charge in [-0.2, -0.15) is 5.26 Å². The molecular formula is C17H23N. The van der Waals surface area contributed by atoms with E-state index >= 15 is 0 Å². The molecule has 1 heteroatoms. The van der Waals surface area contributed by atoms with Gasteiger partial charge in [0, 0.05) is 6.08 Å². The fourth-order valence-corrected chi connectivity index (χ4v) is 0.589. The molecule has 0 spiro atoms. The Morgan fingerprint density at radius 3 is 1.67 bits per heavy atom. The fourth-order valence-electron chi connectivity index (χ4n) is 0.589. The molecule has 0 aliphatic carbocycles. The molecule has 18 heavy (non-hydrogen) atoms. The molecule has 0 radical (unpaired) electrons. The van der Waals surface area contributed by atoms with Gasteiger partial charge in [0.25, 0.3) is 0 Å². The van der Waals surface area contributed by atoms with Crippen molar-refractivity contribution in [2.24, 2.45) is 0 Å². The zero-order valence-electron chi connectivity index (χ0n) is 11.3. The Bertz CT molecular complexity index is 330. The number of rotatable bonds is 2. The molecule has 0 heterocycles. The Morgan fingerprint density at radius 1 is 1.11 bits per heavy atom. The summed E-state index contributed by atoms with van der Waals surface area (Å²) in [7, 11) is 0. The van der Waals surface area contributed by atoms with E-state index in [-0.39, 0.29) is 0 Å². The minimum absolute atomic E-state index is 1.08. The lowest BCUT2D eigenvalue weighted by Gasteiger charge is -1.85. The topological polar surface area (TPSA) is 23.8 Å². The van der Waals surface area contributed by atoms with Crippen LogP contribution < -0.4 is 0 Å². The molecule has 0 amide bonds. The molecule has 1 nitrogen and oxygen atoms in total. The van der Waals surface area contributed by atoms with Gasteiger partial charge in [-0.15, -0.1) is 19.7 Å². The molecule has 0 aromatic heterocycles. The van der Waals surface area contributed by atoms with E-state index in [1.165, 1.54) is 11.6 Å². The van der Waals surface area contributed by atoms with Crippen molar-refractivity contribution >= 4 is 6.08 Å². The van der Waals surface area contributed by atoms with E-state index in [0.717, 1.165) is 6.42 Å². The predicted molar refractivity (Wildman–Crippen MR) is 84.1 cm³/mol. The highest BCUT2D eigenvalue weighted by Crippen LogP contribution is 1.97. The number of benzene rings is 1. The van der Waals surface area contributed by atoms with Crippen molar-refractivity contribution < 1.29 is 0 Å². The summed E-state index contributed by atoms with van der Waals surface area (Å²) in [6.07, 6.45) is 5.97. The second kappa shape index (κ2) is 24.1. The molecule has 0 bridgehead atoms. The van der Waals surface area contributed by atoms with E-state index in [1.807, 2.05) is 42.5 Å². The first-order valence-corrected chi connectivity index (χ1v) is 5.55. The average Bonchev–Trinajstić information content (AvgIpc) is 2.50. The van der Waals surface area contributed by atoms with Crippen LogP contribution >= 0.6 is 0 Å². The van der Waals surface area contributed by atoms with Gasteiger partial charge in [0.2, 0.25) is 0 Å². The summed E-state index contributed by atoms with van der Waals surface area (Å²) in [4.78, 5) is 0. The molecule has 0 saturated heterocycles. The van der Waals surface area contributed by atoms with E-state index in [4.69, 9.17) is 5.26 Å². The summed E-state index contributed by atoms with van der Waals surface area (Å²) in [5.74, 6) is 0. The molecule has 1 aromatic rings. The van der Waals surface area contributed by atoms with Gasteiger partial charge >= 0.3 is 0 Å². The highest BCUT2D eigenvalue weighted by atomic mass is 14.2. The molecule has 0 fully saturated rings. The predicted octanol–water partition coefficient (Wildman–Crippen LogP) is 5.41. The third kappa shape index (κ3) is 23.5. The summed E-state index contributed by atoms with van der Waals surface area (Å²) >= 11 is 0. The number of nitriles is 1. The maximum atomic E-state index is 7.51. The molecule has 0 N–H and O–H groups in total. The Morgan fingerprint density at radius 2 is 1.50 bits per heavy atom. The minimum atomic E-state index is 1.08. The standard InChI is InChI=1S/C8H8.C4H8.C3H3N.C2H4/c1-2-8-6-4-3-5-7-8;1-3-4-2;1-2-3-4;1-2/h2-7H,1H2;3H,1,4H2,2H3;2H,1H2;1-2H2. The summed E-state index contributed by atoms with van der Waals surface area (Å²) < 4.78 is 0. The van der Waals surface area contributed by atoms with Crippen molar-refractivity contribution in [3.63, 3.8) is 0 Å². The average molecular weight is 241 g/mol. The largest absolute Gasteiger partial charge is 0.193 e. The van der Waals surface area contributed by atoms with E-state index < -0.39 is 0 Å². The van der Waals surface area contributed by atoms with Gasteiger partial charge in [0.15, 0.2) is 0 Å². The van der Waals surface area contributed by atoms with E-state index in [2.05, 4.69) is 39.8 Å². The van der Waals surface area contributed by atoms with E-state index in [9.17, 15) is 0 Å². The zero-order chi connectivity index (χ0) is 14.6. The molecule has 0 unspecified atom stereocenters. The van der Waals surface area contributed by atoms with Gasteiger partial charge in [-0.25, -0.2) is 0 Å². The minimum Gasteiger partial charge on any atom is -0.193 e. The van der Waals surface area contributed by atoms with Crippen LogP contribution in [0.15, 0.2) is 75.4 Å². The zero-order valence-corrected chi connectivity index (χ0v) is 11.3. The van der Waals surface area contributed by atoms with Gasteiger partial charge in [-0.1, -0.05) is 62.6 Å². The van der Waals surface area contributed by atoms with E-state index in [1.54, 1.807) is 6.07 Å². The van der Waals surface area contributed by atoms with Gasteiger partial charge in [-0.3, -0.25) is 0 Å². The van der Waals surface area contributed by atoms with Crippen molar-refractivity contribution in [1.82, 2.24) is 0 Å². The quantitative estimate of drug-likeness (QED) is 0.501. The van der Waals surface area contributed by atoms with Crippen LogP contribution in [0.3, 0.4) is 0 Å². The first kappa shape index (κ1) is 21.0. The van der Waals surface area contributed by atoms with Crippen LogP contribution in [0.2, 0.25) is 0 Å². The van der Waals surface area contributed by atoms with Crippen LogP contribution in [0.4, 0.5) is 0 Å². The summed E-state index contributed by atoms with van der Waals surface area (Å²) in [5.41, 5.74) is 1.17. The van der Waals surface area contributed by atoms with E-state index in [0.29, 0.717) is 0 Å². The molecule has 0 saturated carbocycles. The first-order chi connectivity index (χ1) is 8.76. The fraction of sp³-hybridized carbons (Fsp3) is 0.118. The number of allylic oxidation sites excluding steroid dienone is 2. The van der Waals surface area contributed by atoms with Crippen LogP contribution in [0.25, 0.3) is 6.08 Å². The molecule has 0 aliphatic rings.